The third-order valence-electron chi connectivity index (χ3n) is 2.60. The van der Waals surface area contributed by atoms with Crippen LogP contribution in [0.1, 0.15) is 5.56 Å². The highest BCUT2D eigenvalue weighted by atomic mass is 16.7. The molecular formula is C11H13NO4. The van der Waals surface area contributed by atoms with E-state index in [-0.39, 0.29) is 6.79 Å². The van der Waals surface area contributed by atoms with E-state index in [0.29, 0.717) is 24.5 Å². The molecule has 1 aliphatic heterocycles. The lowest BCUT2D eigenvalue weighted by atomic mass is 9.99. The Balaban J connectivity index is 2.13. The molecule has 1 aromatic rings. The minimum atomic E-state index is -1.06. The van der Waals surface area contributed by atoms with E-state index in [0.717, 1.165) is 5.56 Å². The van der Waals surface area contributed by atoms with Gasteiger partial charge >= 0.3 is 0 Å². The summed E-state index contributed by atoms with van der Waals surface area (Å²) in [6, 6.07) is 5.42. The molecule has 1 aliphatic rings. The predicted octanol–water partition coefficient (Wildman–Crippen LogP) is -1.43. The average Bonchev–Trinajstić information content (AvgIpc) is 2.72. The fourth-order valence-corrected chi connectivity index (χ4v) is 1.66. The van der Waals surface area contributed by atoms with Crippen molar-refractivity contribution in [1.29, 1.82) is 0 Å². The summed E-state index contributed by atoms with van der Waals surface area (Å²) in [6.07, 6.45) is 0.405. The lowest BCUT2D eigenvalue weighted by Gasteiger charge is -2.13. The van der Waals surface area contributed by atoms with E-state index in [9.17, 15) is 9.90 Å². The van der Waals surface area contributed by atoms with Gasteiger partial charge in [0.2, 0.25) is 6.79 Å². The average molecular weight is 223 g/mol. The summed E-state index contributed by atoms with van der Waals surface area (Å²) in [5, 5.41) is 10.8. The van der Waals surface area contributed by atoms with E-state index in [2.05, 4.69) is 5.73 Å². The van der Waals surface area contributed by atoms with Crippen molar-refractivity contribution in [1.82, 2.24) is 0 Å². The van der Waals surface area contributed by atoms with E-state index >= 15 is 0 Å². The maximum atomic E-state index is 10.8. The highest BCUT2D eigenvalue weighted by Crippen LogP contribution is 2.32. The van der Waals surface area contributed by atoms with Gasteiger partial charge in [0.1, 0.15) is 0 Å². The molecule has 86 valence electrons. The van der Waals surface area contributed by atoms with Gasteiger partial charge in [-0.25, -0.2) is 0 Å². The van der Waals surface area contributed by atoms with Gasteiger partial charge < -0.3 is 25.1 Å². The number of hydrogen-bond acceptors (Lipinski definition) is 4. The number of carboxylic acid groups (broad SMARTS) is 1. The van der Waals surface area contributed by atoms with E-state index in [1.165, 1.54) is 0 Å². The number of fused-ring (bicyclic) bond motifs is 1. The minimum Gasteiger partial charge on any atom is -0.550 e. The molecule has 1 heterocycles. The first-order valence-corrected chi connectivity index (χ1v) is 5.09. The van der Waals surface area contributed by atoms with E-state index in [1.54, 1.807) is 12.1 Å². The second kappa shape index (κ2) is 4.40. The maximum Gasteiger partial charge on any atom is 0.231 e. The molecule has 3 N–H and O–H groups in total. The Morgan fingerprint density at radius 1 is 1.44 bits per heavy atom. The highest BCUT2D eigenvalue weighted by Gasteiger charge is 2.16. The molecular weight excluding hydrogens is 210 g/mol. The van der Waals surface area contributed by atoms with Crippen LogP contribution >= 0.6 is 0 Å². The zero-order valence-electron chi connectivity index (χ0n) is 8.77. The summed E-state index contributed by atoms with van der Waals surface area (Å²) in [4.78, 5) is 10.8. The SMILES string of the molecule is [NH3+]C[C@@H](Cc1ccc2c(c1)OCO2)C(=O)[O-]. The summed E-state index contributed by atoms with van der Waals surface area (Å²) in [5.74, 6) is -0.255. The standard InChI is InChI=1S/C11H13NO4/c12-5-8(11(13)14)3-7-1-2-9-10(4-7)16-6-15-9/h1-2,4,8H,3,5-6,12H2,(H,13,14)/t8-/m1/s1. The summed E-state index contributed by atoms with van der Waals surface area (Å²) in [7, 11) is 0. The molecule has 0 bridgehead atoms. The number of aliphatic carboxylic acids is 1. The predicted molar refractivity (Wildman–Crippen MR) is 52.5 cm³/mol. The van der Waals surface area contributed by atoms with Crippen molar-refractivity contribution >= 4 is 5.97 Å². The molecule has 16 heavy (non-hydrogen) atoms. The van der Waals surface area contributed by atoms with Gasteiger partial charge in [-0.15, -0.1) is 0 Å². The van der Waals surface area contributed by atoms with Crippen LogP contribution in [0.4, 0.5) is 0 Å². The van der Waals surface area contributed by atoms with Crippen molar-refractivity contribution in [2.24, 2.45) is 5.92 Å². The van der Waals surface area contributed by atoms with Crippen LogP contribution in [0.3, 0.4) is 0 Å². The van der Waals surface area contributed by atoms with Gasteiger partial charge in [-0.05, 0) is 24.1 Å². The molecule has 0 radical (unpaired) electrons. The molecule has 2 rings (SSSR count). The Morgan fingerprint density at radius 3 is 2.88 bits per heavy atom. The normalized spacial score (nSPS) is 14.8. The number of carbonyl (C=O) groups is 1. The Hall–Kier alpha value is -1.75. The number of hydrogen-bond donors (Lipinski definition) is 1. The second-order valence-corrected chi connectivity index (χ2v) is 3.70. The van der Waals surface area contributed by atoms with Gasteiger partial charge in [0.15, 0.2) is 11.5 Å². The summed E-state index contributed by atoms with van der Waals surface area (Å²) in [6.45, 7) is 0.537. The number of quaternary nitrogens is 1. The van der Waals surface area contributed by atoms with Crippen LogP contribution in [0.2, 0.25) is 0 Å². The Bertz CT molecular complexity index is 405. The zero-order valence-corrected chi connectivity index (χ0v) is 8.77. The van der Waals surface area contributed by atoms with E-state index in [4.69, 9.17) is 9.47 Å². The highest BCUT2D eigenvalue weighted by molar-refractivity contribution is 5.68. The lowest BCUT2D eigenvalue weighted by molar-refractivity contribution is -0.387. The summed E-state index contributed by atoms with van der Waals surface area (Å²) >= 11 is 0. The molecule has 1 atom stereocenters. The molecule has 0 aliphatic carbocycles. The van der Waals surface area contributed by atoms with Crippen LogP contribution in [0, 0.1) is 5.92 Å². The quantitative estimate of drug-likeness (QED) is 0.677. The lowest BCUT2D eigenvalue weighted by Crippen LogP contribution is -2.57. The molecule has 1 aromatic carbocycles. The maximum absolute atomic E-state index is 10.8. The number of rotatable bonds is 4. The van der Waals surface area contributed by atoms with Gasteiger partial charge in [-0.2, -0.15) is 0 Å². The molecule has 5 nitrogen and oxygen atoms in total. The van der Waals surface area contributed by atoms with Gasteiger partial charge in [0.05, 0.1) is 18.4 Å². The third kappa shape index (κ3) is 2.09. The van der Waals surface area contributed by atoms with Crippen molar-refractivity contribution < 1.29 is 25.1 Å². The van der Waals surface area contributed by atoms with Crippen molar-refractivity contribution in [2.45, 2.75) is 6.42 Å². The number of carbonyl (C=O) groups excluding carboxylic acids is 1. The first kappa shape index (κ1) is 10.8. The molecule has 5 heteroatoms. The molecule has 0 aromatic heterocycles. The van der Waals surface area contributed by atoms with Crippen molar-refractivity contribution in [3.8, 4) is 11.5 Å². The molecule has 0 spiro atoms. The Kier molecular flexibility index (Phi) is 2.96. The van der Waals surface area contributed by atoms with Crippen LogP contribution in [-0.4, -0.2) is 19.3 Å². The summed E-state index contributed by atoms with van der Waals surface area (Å²) < 4.78 is 10.4. The first-order valence-electron chi connectivity index (χ1n) is 5.09. The molecule has 0 amide bonds. The number of benzene rings is 1. The van der Waals surface area contributed by atoms with Crippen LogP contribution < -0.4 is 20.3 Å². The number of carboxylic acids is 1. The van der Waals surface area contributed by atoms with Crippen molar-refractivity contribution in [3.63, 3.8) is 0 Å². The molecule has 0 fully saturated rings. The minimum absolute atomic E-state index is 0.220. The van der Waals surface area contributed by atoms with Crippen LogP contribution in [0.5, 0.6) is 11.5 Å². The third-order valence-corrected chi connectivity index (χ3v) is 2.60. The smallest absolute Gasteiger partial charge is 0.231 e. The number of ether oxygens (including phenoxy) is 2. The Labute approximate surface area is 92.8 Å². The van der Waals surface area contributed by atoms with Gasteiger partial charge in [0, 0.05) is 0 Å². The largest absolute Gasteiger partial charge is 0.550 e. The van der Waals surface area contributed by atoms with Crippen LogP contribution in [0.15, 0.2) is 18.2 Å². The summed E-state index contributed by atoms with van der Waals surface area (Å²) in [5.41, 5.74) is 4.49. The zero-order chi connectivity index (χ0) is 11.5. The molecule has 0 unspecified atom stereocenters. The fourth-order valence-electron chi connectivity index (χ4n) is 1.66. The second-order valence-electron chi connectivity index (χ2n) is 3.70. The van der Waals surface area contributed by atoms with Gasteiger partial charge in [-0.3, -0.25) is 0 Å². The van der Waals surface area contributed by atoms with Gasteiger partial charge in [-0.1, -0.05) is 6.07 Å². The van der Waals surface area contributed by atoms with E-state index in [1.807, 2.05) is 6.07 Å². The van der Waals surface area contributed by atoms with Gasteiger partial charge in [0.25, 0.3) is 0 Å². The molecule has 0 saturated carbocycles. The topological polar surface area (TPSA) is 86.2 Å². The van der Waals surface area contributed by atoms with Crippen LogP contribution in [-0.2, 0) is 11.2 Å². The monoisotopic (exact) mass is 223 g/mol. The Morgan fingerprint density at radius 2 is 2.19 bits per heavy atom. The van der Waals surface area contributed by atoms with Crippen molar-refractivity contribution in [3.05, 3.63) is 23.8 Å². The first-order chi connectivity index (χ1) is 7.70. The van der Waals surface area contributed by atoms with Crippen molar-refractivity contribution in [2.75, 3.05) is 13.3 Å². The molecule has 0 saturated heterocycles. The van der Waals surface area contributed by atoms with Crippen LogP contribution in [0.25, 0.3) is 0 Å². The fraction of sp³-hybridized carbons (Fsp3) is 0.364. The van der Waals surface area contributed by atoms with E-state index < -0.39 is 11.9 Å².